The number of amides is 1. The Labute approximate surface area is 112 Å². The van der Waals surface area contributed by atoms with Gasteiger partial charge < -0.3 is 11.1 Å². The molecule has 1 unspecified atom stereocenters. The fourth-order valence-corrected chi connectivity index (χ4v) is 1.83. The Bertz CT molecular complexity index is 559. The molecule has 1 aromatic carbocycles. The van der Waals surface area contributed by atoms with E-state index in [4.69, 9.17) is 5.73 Å². The van der Waals surface area contributed by atoms with E-state index in [1.807, 2.05) is 24.3 Å². The Morgan fingerprint density at radius 2 is 2.05 bits per heavy atom. The van der Waals surface area contributed by atoms with Crippen LogP contribution in [-0.2, 0) is 0 Å². The zero-order valence-electron chi connectivity index (χ0n) is 11.1. The van der Waals surface area contributed by atoms with Gasteiger partial charge in [-0.15, -0.1) is 0 Å². The summed E-state index contributed by atoms with van der Waals surface area (Å²) in [5, 5.41) is 6.77. The van der Waals surface area contributed by atoms with E-state index < -0.39 is 0 Å². The summed E-state index contributed by atoms with van der Waals surface area (Å²) in [6.07, 6.45) is 2.67. The van der Waals surface area contributed by atoms with Crippen LogP contribution in [0.25, 0.3) is 5.69 Å². The molecule has 0 spiro atoms. The Morgan fingerprint density at radius 1 is 1.37 bits per heavy atom. The number of hydrogen-bond acceptors (Lipinski definition) is 3. The lowest BCUT2D eigenvalue weighted by molar-refractivity contribution is 0.0957. The summed E-state index contributed by atoms with van der Waals surface area (Å²) in [6.45, 7) is 2.06. The van der Waals surface area contributed by atoms with Gasteiger partial charge in [0.15, 0.2) is 5.69 Å². The van der Waals surface area contributed by atoms with E-state index in [1.165, 1.54) is 0 Å². The molecule has 1 amide bonds. The zero-order chi connectivity index (χ0) is 13.8. The first-order valence-electron chi connectivity index (χ1n) is 6.29. The van der Waals surface area contributed by atoms with Crippen molar-refractivity contribution in [1.82, 2.24) is 15.1 Å². The number of carbonyl (C=O) groups excluding carboxylic acids is 1. The van der Waals surface area contributed by atoms with E-state index in [0.29, 0.717) is 5.69 Å². The average Bonchev–Trinajstić information content (AvgIpc) is 2.95. The van der Waals surface area contributed by atoms with Crippen LogP contribution >= 0.6 is 0 Å². The van der Waals surface area contributed by atoms with Gasteiger partial charge in [0, 0.05) is 19.3 Å². The van der Waals surface area contributed by atoms with Gasteiger partial charge in [0.1, 0.15) is 0 Å². The van der Waals surface area contributed by atoms with Crippen LogP contribution in [0, 0.1) is 0 Å². The molecule has 3 N–H and O–H groups in total. The van der Waals surface area contributed by atoms with Gasteiger partial charge in [-0.05, 0) is 30.2 Å². The molecule has 0 aliphatic rings. The first-order valence-corrected chi connectivity index (χ1v) is 6.29. The summed E-state index contributed by atoms with van der Waals surface area (Å²) in [7, 11) is 1.59. The predicted molar refractivity (Wildman–Crippen MR) is 74.2 cm³/mol. The Kier molecular flexibility index (Phi) is 3.97. The number of nitrogens with two attached hydrogens (primary N) is 1. The van der Waals surface area contributed by atoms with Gasteiger partial charge in [-0.3, -0.25) is 4.79 Å². The molecule has 0 aliphatic heterocycles. The molecule has 1 atom stereocenters. The molecule has 100 valence electrons. The van der Waals surface area contributed by atoms with Crippen LogP contribution in [0.1, 0.15) is 35.4 Å². The molecule has 19 heavy (non-hydrogen) atoms. The maximum Gasteiger partial charge on any atom is 0.271 e. The van der Waals surface area contributed by atoms with Gasteiger partial charge in [0.25, 0.3) is 5.91 Å². The van der Waals surface area contributed by atoms with Crippen molar-refractivity contribution in [2.75, 3.05) is 7.05 Å². The third-order valence-corrected chi connectivity index (χ3v) is 3.07. The highest BCUT2D eigenvalue weighted by Gasteiger charge is 2.08. The van der Waals surface area contributed by atoms with E-state index in [2.05, 4.69) is 17.3 Å². The first-order chi connectivity index (χ1) is 9.15. The van der Waals surface area contributed by atoms with Crippen LogP contribution in [0.15, 0.2) is 36.5 Å². The van der Waals surface area contributed by atoms with Crippen LogP contribution in [-0.4, -0.2) is 22.7 Å². The molecule has 5 heteroatoms. The molecule has 1 heterocycles. The lowest BCUT2D eigenvalue weighted by Gasteiger charge is -2.09. The summed E-state index contributed by atoms with van der Waals surface area (Å²) in [5.41, 5.74) is 8.38. The zero-order valence-corrected chi connectivity index (χ0v) is 11.1. The average molecular weight is 258 g/mol. The maximum absolute atomic E-state index is 11.4. The van der Waals surface area contributed by atoms with Gasteiger partial charge in [-0.25, -0.2) is 4.68 Å². The number of carbonyl (C=O) groups is 1. The highest BCUT2D eigenvalue weighted by Crippen LogP contribution is 2.16. The van der Waals surface area contributed by atoms with Crippen LogP contribution in [0.5, 0.6) is 0 Å². The van der Waals surface area contributed by atoms with Crippen molar-refractivity contribution in [1.29, 1.82) is 0 Å². The lowest BCUT2D eigenvalue weighted by atomic mass is 10.1. The van der Waals surface area contributed by atoms with Crippen molar-refractivity contribution in [3.05, 3.63) is 47.8 Å². The van der Waals surface area contributed by atoms with Crippen molar-refractivity contribution < 1.29 is 4.79 Å². The molecule has 5 nitrogen and oxygen atoms in total. The van der Waals surface area contributed by atoms with Crippen LogP contribution in [0.4, 0.5) is 0 Å². The second kappa shape index (κ2) is 5.67. The minimum absolute atomic E-state index is 0.0631. The van der Waals surface area contributed by atoms with E-state index in [1.54, 1.807) is 24.0 Å². The predicted octanol–water partition coefficient (Wildman–Crippen LogP) is 1.64. The summed E-state index contributed by atoms with van der Waals surface area (Å²) in [5.74, 6) is -0.191. The van der Waals surface area contributed by atoms with Crippen molar-refractivity contribution in [2.45, 2.75) is 19.4 Å². The third kappa shape index (κ3) is 2.82. The molecule has 1 aromatic heterocycles. The molecule has 2 aromatic rings. The standard InChI is InChI=1S/C14H18N4O/c1-3-12(15)10-4-6-11(7-5-10)18-9-8-13(17-18)14(19)16-2/h4-9,12H,3,15H2,1-2H3,(H,16,19). The highest BCUT2D eigenvalue weighted by molar-refractivity contribution is 5.91. The smallest absolute Gasteiger partial charge is 0.271 e. The quantitative estimate of drug-likeness (QED) is 0.875. The van der Waals surface area contributed by atoms with E-state index in [0.717, 1.165) is 17.7 Å². The molecule has 2 rings (SSSR count). The minimum atomic E-state index is -0.191. The normalized spacial score (nSPS) is 12.2. The van der Waals surface area contributed by atoms with Crippen LogP contribution < -0.4 is 11.1 Å². The summed E-state index contributed by atoms with van der Waals surface area (Å²) < 4.78 is 1.67. The fraction of sp³-hybridized carbons (Fsp3) is 0.286. The molecular weight excluding hydrogens is 240 g/mol. The Hall–Kier alpha value is -2.14. The van der Waals surface area contributed by atoms with Gasteiger partial charge in [0.05, 0.1) is 5.69 Å². The molecule has 0 radical (unpaired) electrons. The molecule has 0 saturated carbocycles. The molecule has 0 bridgehead atoms. The topological polar surface area (TPSA) is 72.9 Å². The second-order valence-electron chi connectivity index (χ2n) is 4.33. The van der Waals surface area contributed by atoms with Gasteiger partial charge in [-0.1, -0.05) is 19.1 Å². The summed E-state index contributed by atoms with van der Waals surface area (Å²) in [4.78, 5) is 11.4. The van der Waals surface area contributed by atoms with Crippen molar-refractivity contribution in [2.24, 2.45) is 5.73 Å². The largest absolute Gasteiger partial charge is 0.354 e. The SMILES string of the molecule is CCC(N)c1ccc(-n2ccc(C(=O)NC)n2)cc1. The lowest BCUT2D eigenvalue weighted by Crippen LogP contribution is -2.18. The van der Waals surface area contributed by atoms with Gasteiger partial charge in [0.2, 0.25) is 0 Å². The van der Waals surface area contributed by atoms with E-state index in [9.17, 15) is 4.79 Å². The molecule has 0 aliphatic carbocycles. The first kappa shape index (κ1) is 13.3. The van der Waals surface area contributed by atoms with Crippen molar-refractivity contribution in [3.63, 3.8) is 0 Å². The summed E-state index contributed by atoms with van der Waals surface area (Å²) >= 11 is 0. The highest BCUT2D eigenvalue weighted by atomic mass is 16.1. The molecule has 0 fully saturated rings. The number of benzene rings is 1. The number of aromatic nitrogens is 2. The summed E-state index contributed by atoms with van der Waals surface area (Å²) in [6, 6.07) is 9.63. The van der Waals surface area contributed by atoms with Gasteiger partial charge >= 0.3 is 0 Å². The monoisotopic (exact) mass is 258 g/mol. The Balaban J connectivity index is 2.22. The molecular formula is C14H18N4O. The van der Waals surface area contributed by atoms with Gasteiger partial charge in [-0.2, -0.15) is 5.10 Å². The minimum Gasteiger partial charge on any atom is -0.354 e. The number of nitrogens with zero attached hydrogens (tertiary/aromatic N) is 2. The van der Waals surface area contributed by atoms with Crippen LogP contribution in [0.3, 0.4) is 0 Å². The second-order valence-corrected chi connectivity index (χ2v) is 4.33. The Morgan fingerprint density at radius 3 is 2.63 bits per heavy atom. The molecule has 0 saturated heterocycles. The number of rotatable bonds is 4. The maximum atomic E-state index is 11.4. The number of nitrogens with one attached hydrogen (secondary N) is 1. The van der Waals surface area contributed by atoms with E-state index >= 15 is 0 Å². The van der Waals surface area contributed by atoms with Crippen LogP contribution in [0.2, 0.25) is 0 Å². The van der Waals surface area contributed by atoms with Crippen molar-refractivity contribution >= 4 is 5.91 Å². The third-order valence-electron chi connectivity index (χ3n) is 3.07. The van der Waals surface area contributed by atoms with Crippen molar-refractivity contribution in [3.8, 4) is 5.69 Å². The fourth-order valence-electron chi connectivity index (χ4n) is 1.83. The number of hydrogen-bond donors (Lipinski definition) is 2. The van der Waals surface area contributed by atoms with E-state index in [-0.39, 0.29) is 11.9 Å².